The molecule has 22 heavy (non-hydrogen) atoms. The van der Waals surface area contributed by atoms with Crippen molar-refractivity contribution in [1.82, 2.24) is 15.0 Å². The van der Waals surface area contributed by atoms with Crippen LogP contribution in [-0.4, -0.2) is 27.2 Å². The van der Waals surface area contributed by atoms with Crippen LogP contribution >= 0.6 is 23.1 Å². The van der Waals surface area contributed by atoms with Crippen molar-refractivity contribution in [2.45, 2.75) is 11.3 Å². The SMILES string of the molecule is COc1cc2c(cc1Nc1ncnc3scnc13)SC(=O)C2. The molecule has 0 unspecified atom stereocenters. The van der Waals surface area contributed by atoms with Crippen LogP contribution in [0.3, 0.4) is 0 Å². The second-order valence-electron chi connectivity index (χ2n) is 4.66. The Morgan fingerprint density at radius 3 is 3.05 bits per heavy atom. The lowest BCUT2D eigenvalue weighted by molar-refractivity contribution is -0.110. The summed E-state index contributed by atoms with van der Waals surface area (Å²) in [5, 5.41) is 3.39. The van der Waals surface area contributed by atoms with Gasteiger partial charge in [-0.15, -0.1) is 11.3 Å². The molecule has 4 rings (SSSR count). The fraction of sp³-hybridized carbons (Fsp3) is 0.143. The van der Waals surface area contributed by atoms with E-state index in [0.717, 1.165) is 26.5 Å². The largest absolute Gasteiger partial charge is 0.495 e. The summed E-state index contributed by atoms with van der Waals surface area (Å²) in [5.41, 5.74) is 4.22. The van der Waals surface area contributed by atoms with E-state index in [1.54, 1.807) is 12.6 Å². The highest BCUT2D eigenvalue weighted by molar-refractivity contribution is 8.14. The Morgan fingerprint density at radius 2 is 2.18 bits per heavy atom. The Kier molecular flexibility index (Phi) is 3.20. The molecule has 0 bridgehead atoms. The molecular weight excluding hydrogens is 320 g/mol. The summed E-state index contributed by atoms with van der Waals surface area (Å²) in [6, 6.07) is 3.82. The van der Waals surface area contributed by atoms with Gasteiger partial charge in [-0.25, -0.2) is 15.0 Å². The summed E-state index contributed by atoms with van der Waals surface area (Å²) in [4.78, 5) is 26.1. The first-order chi connectivity index (χ1) is 10.7. The van der Waals surface area contributed by atoms with E-state index in [1.165, 1.54) is 29.4 Å². The molecule has 0 saturated carbocycles. The lowest BCUT2D eigenvalue weighted by atomic mass is 10.1. The van der Waals surface area contributed by atoms with Gasteiger partial charge in [0.2, 0.25) is 0 Å². The molecule has 0 aliphatic carbocycles. The van der Waals surface area contributed by atoms with Crippen molar-refractivity contribution in [1.29, 1.82) is 0 Å². The molecule has 3 heterocycles. The topological polar surface area (TPSA) is 77.0 Å². The Labute approximate surface area is 134 Å². The molecule has 0 radical (unpaired) electrons. The molecule has 0 spiro atoms. The maximum atomic E-state index is 11.6. The van der Waals surface area contributed by atoms with Crippen LogP contribution in [0.25, 0.3) is 10.3 Å². The van der Waals surface area contributed by atoms with Gasteiger partial charge in [0, 0.05) is 11.3 Å². The number of hydrogen-bond acceptors (Lipinski definition) is 8. The molecule has 1 aromatic carbocycles. The molecule has 6 nitrogen and oxygen atoms in total. The van der Waals surface area contributed by atoms with E-state index in [2.05, 4.69) is 20.3 Å². The zero-order valence-electron chi connectivity index (χ0n) is 11.5. The van der Waals surface area contributed by atoms with Gasteiger partial charge in [-0.3, -0.25) is 4.79 Å². The van der Waals surface area contributed by atoms with Crippen molar-refractivity contribution in [2.75, 3.05) is 12.4 Å². The lowest BCUT2D eigenvalue weighted by Gasteiger charge is -2.12. The van der Waals surface area contributed by atoms with Crippen molar-refractivity contribution in [3.05, 3.63) is 29.5 Å². The first-order valence-electron chi connectivity index (χ1n) is 6.47. The van der Waals surface area contributed by atoms with Crippen molar-refractivity contribution in [2.24, 2.45) is 0 Å². The van der Waals surface area contributed by atoms with Crippen molar-refractivity contribution in [3.8, 4) is 5.75 Å². The third kappa shape index (κ3) is 2.20. The van der Waals surface area contributed by atoms with Gasteiger partial charge in [-0.2, -0.15) is 0 Å². The average molecular weight is 330 g/mol. The Morgan fingerprint density at radius 1 is 1.27 bits per heavy atom. The fourth-order valence-corrected chi connectivity index (χ4v) is 3.87. The summed E-state index contributed by atoms with van der Waals surface area (Å²) >= 11 is 2.72. The van der Waals surface area contributed by atoms with E-state index < -0.39 is 0 Å². The molecule has 110 valence electrons. The molecule has 0 fully saturated rings. The number of nitrogens with zero attached hydrogens (tertiary/aromatic N) is 3. The van der Waals surface area contributed by atoms with Crippen molar-refractivity contribution >= 4 is 50.1 Å². The van der Waals surface area contributed by atoms with Gasteiger partial charge in [0.05, 0.1) is 18.3 Å². The number of nitrogens with one attached hydrogen (secondary N) is 1. The van der Waals surface area contributed by atoms with E-state index in [4.69, 9.17) is 4.74 Å². The molecule has 1 aliphatic rings. The number of rotatable bonds is 3. The van der Waals surface area contributed by atoms with Crippen molar-refractivity contribution < 1.29 is 9.53 Å². The number of methoxy groups -OCH3 is 1. The van der Waals surface area contributed by atoms with Crippen LogP contribution in [0.2, 0.25) is 0 Å². The van der Waals surface area contributed by atoms with E-state index >= 15 is 0 Å². The quantitative estimate of drug-likeness (QED) is 0.791. The predicted molar refractivity (Wildman–Crippen MR) is 86.1 cm³/mol. The second kappa shape index (κ2) is 5.22. The molecule has 0 saturated heterocycles. The third-order valence-electron chi connectivity index (χ3n) is 3.33. The van der Waals surface area contributed by atoms with E-state index in [-0.39, 0.29) is 5.12 Å². The Balaban J connectivity index is 1.78. The minimum Gasteiger partial charge on any atom is -0.495 e. The standard InChI is InChI=1S/C14H10N4O2S2/c1-20-9-2-7-3-11(19)22-10(7)4-8(9)18-13-12-14(16-5-15-13)21-6-17-12/h2,4-6H,3H2,1H3,(H,15,16,18). The predicted octanol–water partition coefficient (Wildman–Crippen LogP) is 3.01. The maximum absolute atomic E-state index is 11.6. The van der Waals surface area contributed by atoms with Crippen LogP contribution < -0.4 is 10.1 Å². The molecule has 3 aromatic rings. The molecular formula is C14H10N4O2S2. The van der Waals surface area contributed by atoms with Gasteiger partial charge >= 0.3 is 0 Å². The fourth-order valence-electron chi connectivity index (χ4n) is 2.33. The molecule has 8 heteroatoms. The highest BCUT2D eigenvalue weighted by Gasteiger charge is 2.22. The van der Waals surface area contributed by atoms with Crippen LogP contribution in [0.4, 0.5) is 11.5 Å². The average Bonchev–Trinajstić information content (AvgIpc) is 3.12. The van der Waals surface area contributed by atoms with Gasteiger partial charge in [-0.1, -0.05) is 11.8 Å². The lowest BCUT2D eigenvalue weighted by Crippen LogP contribution is -1.99. The number of thiazole rings is 1. The summed E-state index contributed by atoms with van der Waals surface area (Å²) in [6.45, 7) is 0. The Hall–Kier alpha value is -2.19. The molecule has 2 aromatic heterocycles. The molecule has 1 aliphatic heterocycles. The van der Waals surface area contributed by atoms with Crippen LogP contribution in [0, 0.1) is 0 Å². The minimum absolute atomic E-state index is 0.151. The first kappa shape index (κ1) is 13.5. The third-order valence-corrected chi connectivity index (χ3v) is 5.03. The van der Waals surface area contributed by atoms with E-state index in [1.807, 2.05) is 12.1 Å². The number of fused-ring (bicyclic) bond motifs is 2. The van der Waals surface area contributed by atoms with Crippen LogP contribution in [0.1, 0.15) is 5.56 Å². The number of carbonyl (C=O) groups excluding carboxylic acids is 1. The normalized spacial score (nSPS) is 13.4. The van der Waals surface area contributed by atoms with Crippen molar-refractivity contribution in [3.63, 3.8) is 0 Å². The number of ether oxygens (including phenoxy) is 1. The van der Waals surface area contributed by atoms with Gasteiger partial charge < -0.3 is 10.1 Å². The van der Waals surface area contributed by atoms with Crippen LogP contribution in [0.5, 0.6) is 5.75 Å². The zero-order chi connectivity index (χ0) is 15.1. The Bertz CT molecular complexity index is 894. The van der Waals surface area contributed by atoms with Crippen LogP contribution in [-0.2, 0) is 11.2 Å². The van der Waals surface area contributed by atoms with Gasteiger partial charge in [0.25, 0.3) is 0 Å². The first-order valence-corrected chi connectivity index (χ1v) is 8.17. The highest BCUT2D eigenvalue weighted by atomic mass is 32.2. The summed E-state index contributed by atoms with van der Waals surface area (Å²) in [7, 11) is 1.61. The number of hydrogen-bond donors (Lipinski definition) is 1. The monoisotopic (exact) mass is 330 g/mol. The summed E-state index contributed by atoms with van der Waals surface area (Å²) in [5.74, 6) is 1.30. The number of thioether (sulfide) groups is 1. The van der Waals surface area contributed by atoms with E-state index in [0.29, 0.717) is 18.0 Å². The number of carbonyl (C=O) groups is 1. The number of aromatic nitrogens is 3. The summed E-state index contributed by atoms with van der Waals surface area (Å²) < 4.78 is 5.43. The molecule has 1 N–H and O–H groups in total. The van der Waals surface area contributed by atoms with E-state index in [9.17, 15) is 4.79 Å². The minimum atomic E-state index is 0.151. The van der Waals surface area contributed by atoms with Crippen LogP contribution in [0.15, 0.2) is 28.9 Å². The zero-order valence-corrected chi connectivity index (χ0v) is 13.1. The number of anilines is 2. The highest BCUT2D eigenvalue weighted by Crippen LogP contribution is 2.40. The van der Waals surface area contributed by atoms with Gasteiger partial charge in [-0.05, 0) is 17.7 Å². The molecule has 0 atom stereocenters. The molecule has 0 amide bonds. The second-order valence-corrected chi connectivity index (χ2v) is 6.60. The number of benzene rings is 1. The van der Waals surface area contributed by atoms with Gasteiger partial charge in [0.15, 0.2) is 10.9 Å². The maximum Gasteiger partial charge on any atom is 0.198 e. The van der Waals surface area contributed by atoms with Gasteiger partial charge in [0.1, 0.15) is 22.4 Å². The summed E-state index contributed by atoms with van der Waals surface area (Å²) in [6.07, 6.45) is 1.95. The smallest absolute Gasteiger partial charge is 0.198 e.